The zero-order valence-electron chi connectivity index (χ0n) is 10.1. The highest BCUT2D eigenvalue weighted by atomic mass is 32.2. The quantitative estimate of drug-likeness (QED) is 0.643. The molecule has 0 fully saturated rings. The minimum absolute atomic E-state index is 0.199. The van der Waals surface area contributed by atoms with Gasteiger partial charge in [-0.3, -0.25) is 4.79 Å². The van der Waals surface area contributed by atoms with Gasteiger partial charge >= 0.3 is 0 Å². The van der Waals surface area contributed by atoms with E-state index in [0.717, 1.165) is 5.56 Å². The molecule has 0 saturated carbocycles. The van der Waals surface area contributed by atoms with Crippen molar-refractivity contribution in [3.63, 3.8) is 0 Å². The second-order valence-electron chi connectivity index (χ2n) is 4.02. The van der Waals surface area contributed by atoms with Gasteiger partial charge in [0, 0.05) is 6.54 Å². The van der Waals surface area contributed by atoms with Crippen molar-refractivity contribution in [2.45, 2.75) is 25.3 Å². The molecule has 0 aliphatic carbocycles. The van der Waals surface area contributed by atoms with Crippen LogP contribution < -0.4 is 16.2 Å². The maximum absolute atomic E-state index is 11.7. The summed E-state index contributed by atoms with van der Waals surface area (Å²) in [5.41, 5.74) is 12.0. The average Bonchev–Trinajstić information content (AvgIpc) is 2.28. The number of primary amides is 1. The van der Waals surface area contributed by atoms with Crippen LogP contribution in [0.1, 0.15) is 18.1 Å². The molecule has 18 heavy (non-hydrogen) atoms. The van der Waals surface area contributed by atoms with Crippen LogP contribution in [0.4, 0.5) is 0 Å². The molecule has 1 aromatic rings. The molecule has 0 radical (unpaired) electrons. The van der Waals surface area contributed by atoms with Crippen molar-refractivity contribution < 1.29 is 13.2 Å². The Bertz CT molecular complexity index is 511. The maximum Gasteiger partial charge on any atom is 0.235 e. The summed E-state index contributed by atoms with van der Waals surface area (Å²) in [4.78, 5) is 10.8. The summed E-state index contributed by atoms with van der Waals surface area (Å²) in [5.74, 6) is -0.910. The Hall–Kier alpha value is -1.44. The minimum Gasteiger partial charge on any atom is -0.368 e. The highest BCUT2D eigenvalue weighted by Crippen LogP contribution is 2.07. The molecule has 0 heterocycles. The van der Waals surface area contributed by atoms with Crippen molar-refractivity contribution >= 4 is 15.9 Å². The van der Waals surface area contributed by atoms with Crippen molar-refractivity contribution in [1.29, 1.82) is 0 Å². The van der Waals surface area contributed by atoms with Gasteiger partial charge in [-0.2, -0.15) is 0 Å². The highest BCUT2D eigenvalue weighted by molar-refractivity contribution is 7.88. The number of sulfonamides is 1. The van der Waals surface area contributed by atoms with E-state index in [4.69, 9.17) is 11.5 Å². The van der Waals surface area contributed by atoms with Crippen LogP contribution in [0.5, 0.6) is 0 Å². The normalized spacial score (nSPS) is 13.2. The lowest BCUT2D eigenvalue weighted by Gasteiger charge is -2.11. The first-order valence-corrected chi connectivity index (χ1v) is 7.06. The first-order valence-electron chi connectivity index (χ1n) is 5.41. The maximum atomic E-state index is 11.7. The predicted octanol–water partition coefficient (Wildman–Crippen LogP) is -0.561. The molecule has 1 amide bonds. The number of hydrogen-bond donors (Lipinski definition) is 3. The summed E-state index contributed by atoms with van der Waals surface area (Å²) in [7, 11) is -3.58. The SMILES string of the molecule is C[C@@H](NS(=O)(=O)Cc1ccc(CN)cc1)C(N)=O. The third-order valence-corrected chi connectivity index (χ3v) is 3.82. The first kappa shape index (κ1) is 14.6. The van der Waals surface area contributed by atoms with E-state index in [2.05, 4.69) is 4.72 Å². The number of carbonyl (C=O) groups is 1. The molecule has 1 atom stereocenters. The van der Waals surface area contributed by atoms with Gasteiger partial charge in [-0.05, 0) is 18.1 Å². The number of amides is 1. The van der Waals surface area contributed by atoms with E-state index in [9.17, 15) is 13.2 Å². The van der Waals surface area contributed by atoms with Gasteiger partial charge in [0.05, 0.1) is 11.8 Å². The van der Waals surface area contributed by atoms with Gasteiger partial charge in [-0.1, -0.05) is 24.3 Å². The van der Waals surface area contributed by atoms with Crippen LogP contribution in [0.15, 0.2) is 24.3 Å². The fourth-order valence-corrected chi connectivity index (χ4v) is 2.73. The zero-order chi connectivity index (χ0) is 13.8. The van der Waals surface area contributed by atoms with Crippen molar-refractivity contribution in [3.05, 3.63) is 35.4 Å². The Morgan fingerprint density at radius 3 is 2.22 bits per heavy atom. The molecule has 0 saturated heterocycles. The molecule has 100 valence electrons. The van der Waals surface area contributed by atoms with Gasteiger partial charge in [-0.25, -0.2) is 13.1 Å². The number of nitrogens with two attached hydrogens (primary N) is 2. The van der Waals surface area contributed by atoms with Crippen LogP contribution in [-0.4, -0.2) is 20.4 Å². The van der Waals surface area contributed by atoms with Crippen LogP contribution in [0.3, 0.4) is 0 Å². The van der Waals surface area contributed by atoms with Crippen LogP contribution in [0.25, 0.3) is 0 Å². The standard InChI is InChI=1S/C11H17N3O3S/c1-8(11(13)15)14-18(16,17)7-10-4-2-9(6-12)3-5-10/h2-5,8,14H,6-7,12H2,1H3,(H2,13,15)/t8-/m1/s1. The fraction of sp³-hybridized carbons (Fsp3) is 0.364. The second kappa shape index (κ2) is 5.94. The molecule has 0 aromatic heterocycles. The van der Waals surface area contributed by atoms with Crippen LogP contribution in [-0.2, 0) is 27.1 Å². The number of nitrogens with one attached hydrogen (secondary N) is 1. The lowest BCUT2D eigenvalue weighted by atomic mass is 10.1. The van der Waals surface area contributed by atoms with Crippen molar-refractivity contribution in [2.24, 2.45) is 11.5 Å². The molecule has 0 spiro atoms. The summed E-state index contributed by atoms with van der Waals surface area (Å²) in [6, 6.07) is 6.00. The molecular formula is C11H17N3O3S. The average molecular weight is 271 g/mol. The summed E-state index contributed by atoms with van der Waals surface area (Å²) in [5, 5.41) is 0. The molecule has 1 aromatic carbocycles. The molecule has 5 N–H and O–H groups in total. The lowest BCUT2D eigenvalue weighted by Crippen LogP contribution is -2.42. The number of hydrogen-bond acceptors (Lipinski definition) is 4. The Balaban J connectivity index is 2.73. The number of carbonyl (C=O) groups excluding carboxylic acids is 1. The van der Waals surface area contributed by atoms with Crippen molar-refractivity contribution in [2.75, 3.05) is 0 Å². The molecule has 1 rings (SSSR count). The zero-order valence-corrected chi connectivity index (χ0v) is 10.9. The fourth-order valence-electron chi connectivity index (χ4n) is 1.36. The van der Waals surface area contributed by atoms with E-state index in [0.29, 0.717) is 12.1 Å². The lowest BCUT2D eigenvalue weighted by molar-refractivity contribution is -0.119. The monoisotopic (exact) mass is 271 g/mol. The van der Waals surface area contributed by atoms with Crippen molar-refractivity contribution in [1.82, 2.24) is 4.72 Å². The third-order valence-electron chi connectivity index (χ3n) is 2.40. The summed E-state index contributed by atoms with van der Waals surface area (Å²) >= 11 is 0. The Morgan fingerprint density at radius 1 is 1.28 bits per heavy atom. The predicted molar refractivity (Wildman–Crippen MR) is 68.7 cm³/mol. The summed E-state index contributed by atoms with van der Waals surface area (Å²) in [6.45, 7) is 1.81. The van der Waals surface area contributed by atoms with E-state index < -0.39 is 22.0 Å². The van der Waals surface area contributed by atoms with Gasteiger partial charge in [0.1, 0.15) is 0 Å². The largest absolute Gasteiger partial charge is 0.368 e. The third kappa shape index (κ3) is 4.44. The Kier molecular flexibility index (Phi) is 4.83. The highest BCUT2D eigenvalue weighted by Gasteiger charge is 2.18. The van der Waals surface area contributed by atoms with E-state index >= 15 is 0 Å². The van der Waals surface area contributed by atoms with Crippen molar-refractivity contribution in [3.8, 4) is 0 Å². The minimum atomic E-state index is -3.58. The molecule has 0 unspecified atom stereocenters. The van der Waals surface area contributed by atoms with E-state index in [1.165, 1.54) is 6.92 Å². The van der Waals surface area contributed by atoms with Crippen LogP contribution in [0, 0.1) is 0 Å². The van der Waals surface area contributed by atoms with Gasteiger partial charge in [0.25, 0.3) is 0 Å². The summed E-state index contributed by atoms with van der Waals surface area (Å²) < 4.78 is 25.7. The molecule has 0 aliphatic heterocycles. The van der Waals surface area contributed by atoms with E-state index in [1.807, 2.05) is 0 Å². The first-order chi connectivity index (χ1) is 8.34. The topological polar surface area (TPSA) is 115 Å². The summed E-state index contributed by atoms with van der Waals surface area (Å²) in [6.07, 6.45) is 0. The van der Waals surface area contributed by atoms with Gasteiger partial charge in [-0.15, -0.1) is 0 Å². The molecule has 0 aliphatic rings. The molecule has 6 nitrogen and oxygen atoms in total. The Morgan fingerprint density at radius 2 is 1.78 bits per heavy atom. The number of rotatable bonds is 6. The van der Waals surface area contributed by atoms with Crippen LogP contribution >= 0.6 is 0 Å². The Labute approximate surface area is 106 Å². The molecule has 7 heteroatoms. The van der Waals surface area contributed by atoms with Crippen LogP contribution in [0.2, 0.25) is 0 Å². The smallest absolute Gasteiger partial charge is 0.235 e. The van der Waals surface area contributed by atoms with Gasteiger partial charge in [0.2, 0.25) is 15.9 Å². The molecular weight excluding hydrogens is 254 g/mol. The number of benzene rings is 1. The van der Waals surface area contributed by atoms with Gasteiger partial charge < -0.3 is 11.5 Å². The van der Waals surface area contributed by atoms with E-state index in [-0.39, 0.29) is 5.75 Å². The van der Waals surface area contributed by atoms with E-state index in [1.54, 1.807) is 24.3 Å². The van der Waals surface area contributed by atoms with Gasteiger partial charge in [0.15, 0.2) is 0 Å². The second-order valence-corrected chi connectivity index (χ2v) is 5.78. The molecule has 0 bridgehead atoms.